The van der Waals surface area contributed by atoms with Crippen LogP contribution in [0.2, 0.25) is 13.3 Å². The van der Waals surface area contributed by atoms with Gasteiger partial charge in [0, 0.05) is 0 Å². The molecule has 0 saturated heterocycles. The Morgan fingerprint density at radius 3 is 1.76 bits per heavy atom. The van der Waals surface area contributed by atoms with E-state index in [1.165, 1.54) is 51.8 Å². The summed E-state index contributed by atoms with van der Waals surface area (Å²) in [7, 11) is 0. The molecule has 1 rings (SSSR count). The van der Waals surface area contributed by atoms with Crippen LogP contribution in [0, 0.1) is 0 Å². The van der Waals surface area contributed by atoms with Gasteiger partial charge in [0.15, 0.2) is 0 Å². The van der Waals surface area contributed by atoms with E-state index in [1.807, 2.05) is 0 Å². The van der Waals surface area contributed by atoms with Crippen LogP contribution >= 0.6 is 0 Å². The van der Waals surface area contributed by atoms with Gasteiger partial charge in [-0.15, -0.1) is 0 Å². The van der Waals surface area contributed by atoms with E-state index in [4.69, 9.17) is 0 Å². The molecule has 0 spiro atoms. The first-order valence-corrected chi connectivity index (χ1v) is 16.6. The van der Waals surface area contributed by atoms with Gasteiger partial charge in [0.25, 0.3) is 0 Å². The maximum absolute atomic E-state index is 4.68. The van der Waals surface area contributed by atoms with Gasteiger partial charge in [-0.25, -0.2) is 0 Å². The summed E-state index contributed by atoms with van der Waals surface area (Å²) in [4.78, 5) is 0. The van der Waals surface area contributed by atoms with E-state index >= 15 is 0 Å². The van der Waals surface area contributed by atoms with Gasteiger partial charge in [0.2, 0.25) is 0 Å². The van der Waals surface area contributed by atoms with Gasteiger partial charge in [0.1, 0.15) is 0 Å². The molecule has 0 bridgehead atoms. The molecule has 0 fully saturated rings. The molecule has 0 saturated carbocycles. The molecule has 21 heavy (non-hydrogen) atoms. The second-order valence-corrected chi connectivity index (χ2v) is 20.1. The van der Waals surface area contributed by atoms with E-state index in [1.54, 1.807) is 3.58 Å². The van der Waals surface area contributed by atoms with Crippen molar-refractivity contribution in [1.82, 2.24) is 9.78 Å². The van der Waals surface area contributed by atoms with E-state index in [2.05, 4.69) is 56.8 Å². The number of aromatic nitrogens is 2. The second-order valence-electron chi connectivity index (χ2n) is 6.89. The van der Waals surface area contributed by atoms with Gasteiger partial charge >= 0.3 is 137 Å². The summed E-state index contributed by atoms with van der Waals surface area (Å²) in [5.74, 6) is 0. The van der Waals surface area contributed by atoms with Gasteiger partial charge in [0.05, 0.1) is 0 Å². The van der Waals surface area contributed by atoms with Gasteiger partial charge in [-0.2, -0.15) is 0 Å². The number of hydrogen-bond acceptors (Lipinski definition) is 1. The first-order chi connectivity index (χ1) is 10.1. The number of hydrogen-bond donors (Lipinski definition) is 0. The molecule has 1 aromatic heterocycles. The predicted molar refractivity (Wildman–Crippen MR) is 97.1 cm³/mol. The Morgan fingerprint density at radius 1 is 0.952 bits per heavy atom. The third-order valence-electron chi connectivity index (χ3n) is 4.77. The van der Waals surface area contributed by atoms with Crippen molar-refractivity contribution in [2.75, 3.05) is 0 Å². The summed E-state index contributed by atoms with van der Waals surface area (Å²) in [6.07, 6.45) is 13.0. The molecular weight excluding hydrogens is 363 g/mol. The Hall–Kier alpha value is 0.00870. The van der Waals surface area contributed by atoms with E-state index < -0.39 is 18.4 Å². The van der Waals surface area contributed by atoms with Crippen LogP contribution in [-0.4, -0.2) is 28.2 Å². The Labute approximate surface area is 136 Å². The fourth-order valence-electron chi connectivity index (χ4n) is 3.25. The molecule has 3 heteroatoms. The molecule has 0 aliphatic heterocycles. The van der Waals surface area contributed by atoms with Crippen LogP contribution in [0.15, 0.2) is 12.4 Å². The first kappa shape index (κ1) is 19.1. The third-order valence-corrected chi connectivity index (χ3v) is 20.2. The van der Waals surface area contributed by atoms with Crippen molar-refractivity contribution in [1.29, 1.82) is 0 Å². The van der Waals surface area contributed by atoms with Gasteiger partial charge in [-0.05, 0) is 0 Å². The van der Waals surface area contributed by atoms with Crippen LogP contribution < -0.4 is 3.58 Å². The summed E-state index contributed by atoms with van der Waals surface area (Å²) in [6.45, 7) is 11.5. The molecular formula is C18H36N2Sn. The maximum atomic E-state index is 4.68. The summed E-state index contributed by atoms with van der Waals surface area (Å²) in [5.41, 5.74) is 0. The standard InChI is InChI=1S/C6H9N2.3C4H9.Sn/c1-6(2)8-5-3-4-7-8;3*1-3-4-2;/h4-6H,1-2H3;3*1,3-4H2,2H3;. The van der Waals surface area contributed by atoms with Gasteiger partial charge < -0.3 is 0 Å². The second kappa shape index (κ2) is 9.91. The number of nitrogens with zero attached hydrogens (tertiary/aromatic N) is 2. The molecule has 0 amide bonds. The monoisotopic (exact) mass is 400 g/mol. The van der Waals surface area contributed by atoms with E-state index in [0.29, 0.717) is 6.04 Å². The van der Waals surface area contributed by atoms with Crippen LogP contribution in [0.5, 0.6) is 0 Å². The zero-order valence-electron chi connectivity index (χ0n) is 15.0. The fourth-order valence-corrected chi connectivity index (χ4v) is 18.8. The SMILES string of the molecule is CCC[CH2][Sn]([CH2]CCC)([CH2]CCC)[c]1cnn(C(C)C)c1. The van der Waals surface area contributed by atoms with Crippen LogP contribution in [-0.2, 0) is 0 Å². The Morgan fingerprint density at radius 2 is 1.43 bits per heavy atom. The van der Waals surface area contributed by atoms with Crippen molar-refractivity contribution in [2.24, 2.45) is 0 Å². The molecule has 0 aliphatic rings. The Balaban J connectivity index is 3.03. The van der Waals surface area contributed by atoms with Gasteiger partial charge in [-0.3, -0.25) is 0 Å². The molecule has 0 aliphatic carbocycles. The Bertz CT molecular complexity index is 363. The molecule has 0 unspecified atom stereocenters. The molecule has 2 nitrogen and oxygen atoms in total. The van der Waals surface area contributed by atoms with Crippen molar-refractivity contribution < 1.29 is 0 Å². The quantitative estimate of drug-likeness (QED) is 0.448. The van der Waals surface area contributed by atoms with Crippen LogP contribution in [0.3, 0.4) is 0 Å². The molecule has 0 atom stereocenters. The molecule has 122 valence electrons. The minimum atomic E-state index is -2.22. The summed E-state index contributed by atoms with van der Waals surface area (Å²) >= 11 is -2.22. The van der Waals surface area contributed by atoms with Crippen molar-refractivity contribution in [3.05, 3.63) is 12.4 Å². The molecule has 1 heterocycles. The van der Waals surface area contributed by atoms with Crippen LogP contribution in [0.25, 0.3) is 0 Å². The fraction of sp³-hybridized carbons (Fsp3) is 0.833. The van der Waals surface area contributed by atoms with E-state index in [0.717, 1.165) is 0 Å². The normalized spacial score (nSPS) is 12.3. The number of unbranched alkanes of at least 4 members (excludes halogenated alkanes) is 3. The van der Waals surface area contributed by atoms with Crippen molar-refractivity contribution in [3.63, 3.8) is 0 Å². The van der Waals surface area contributed by atoms with E-state index in [9.17, 15) is 0 Å². The first-order valence-electron chi connectivity index (χ1n) is 9.14. The number of rotatable bonds is 11. The average Bonchev–Trinajstić information content (AvgIpc) is 2.97. The molecule has 0 N–H and O–H groups in total. The Kier molecular flexibility index (Phi) is 8.99. The van der Waals surface area contributed by atoms with E-state index in [-0.39, 0.29) is 0 Å². The third kappa shape index (κ3) is 5.61. The van der Waals surface area contributed by atoms with Crippen LogP contribution in [0.1, 0.15) is 79.2 Å². The molecule has 0 aromatic carbocycles. The minimum absolute atomic E-state index is 0.492. The van der Waals surface area contributed by atoms with Crippen molar-refractivity contribution in [3.8, 4) is 0 Å². The van der Waals surface area contributed by atoms with Crippen molar-refractivity contribution in [2.45, 2.75) is 92.5 Å². The average molecular weight is 399 g/mol. The summed E-state index contributed by atoms with van der Waals surface area (Å²) in [5, 5.41) is 4.68. The van der Waals surface area contributed by atoms with Crippen molar-refractivity contribution >= 4 is 22.0 Å². The summed E-state index contributed by atoms with van der Waals surface area (Å²) in [6, 6.07) is 0.492. The zero-order chi connectivity index (χ0) is 15.7. The van der Waals surface area contributed by atoms with Crippen LogP contribution in [0.4, 0.5) is 0 Å². The zero-order valence-corrected chi connectivity index (χ0v) is 17.8. The predicted octanol–water partition coefficient (Wildman–Crippen LogP) is 5.52. The van der Waals surface area contributed by atoms with Gasteiger partial charge in [-0.1, -0.05) is 0 Å². The summed E-state index contributed by atoms with van der Waals surface area (Å²) < 4.78 is 8.50. The molecule has 0 radical (unpaired) electrons. The molecule has 1 aromatic rings. The topological polar surface area (TPSA) is 17.8 Å².